The maximum Gasteiger partial charge on any atom is 0.419 e. The number of fused-ring (bicyclic) bond motifs is 1. The molecule has 0 aliphatic rings. The van der Waals surface area contributed by atoms with E-state index in [1.807, 2.05) is 19.9 Å². The van der Waals surface area contributed by atoms with Gasteiger partial charge in [0.25, 0.3) is 5.91 Å². The number of alkyl halides is 3. The number of aryl methyl sites for hydroxylation is 2. The van der Waals surface area contributed by atoms with Crippen molar-refractivity contribution in [1.82, 2.24) is 15.3 Å². The van der Waals surface area contributed by atoms with Gasteiger partial charge in [0.2, 0.25) is 0 Å². The number of H-pyrrole nitrogens is 1. The van der Waals surface area contributed by atoms with Gasteiger partial charge in [-0.2, -0.15) is 13.2 Å². The molecule has 0 fully saturated rings. The minimum atomic E-state index is -4.48. The molecule has 0 unspecified atom stereocenters. The number of rotatable bonds is 5. The number of aromatic nitrogens is 2. The molecule has 0 atom stereocenters. The second-order valence-corrected chi connectivity index (χ2v) is 6.22. The van der Waals surface area contributed by atoms with Crippen LogP contribution in [0.25, 0.3) is 10.9 Å². The molecular weight excluding hydrogens is 357 g/mol. The van der Waals surface area contributed by atoms with Crippen LogP contribution in [0.4, 0.5) is 19.0 Å². The third-order valence-electron chi connectivity index (χ3n) is 4.39. The fourth-order valence-corrected chi connectivity index (χ4v) is 2.84. The summed E-state index contributed by atoms with van der Waals surface area (Å²) in [6, 6.07) is 7.55. The zero-order chi connectivity index (χ0) is 19.6. The largest absolute Gasteiger partial charge is 0.419 e. The van der Waals surface area contributed by atoms with E-state index in [0.29, 0.717) is 5.56 Å². The second kappa shape index (κ2) is 7.30. The Balaban J connectivity index is 1.60. The van der Waals surface area contributed by atoms with Crippen molar-refractivity contribution >= 4 is 22.6 Å². The van der Waals surface area contributed by atoms with Crippen LogP contribution >= 0.6 is 0 Å². The van der Waals surface area contributed by atoms with E-state index in [9.17, 15) is 18.0 Å². The van der Waals surface area contributed by atoms with E-state index in [0.717, 1.165) is 28.2 Å². The summed E-state index contributed by atoms with van der Waals surface area (Å²) >= 11 is 0. The number of aromatic amines is 1. The maximum atomic E-state index is 12.9. The van der Waals surface area contributed by atoms with Crippen LogP contribution in [-0.2, 0) is 6.18 Å². The molecule has 0 spiro atoms. The first-order valence-electron chi connectivity index (χ1n) is 8.40. The lowest BCUT2D eigenvalue weighted by molar-refractivity contribution is -0.137. The quantitative estimate of drug-likeness (QED) is 0.589. The Labute approximate surface area is 154 Å². The Morgan fingerprint density at radius 1 is 1.19 bits per heavy atom. The van der Waals surface area contributed by atoms with Crippen molar-refractivity contribution < 1.29 is 18.0 Å². The van der Waals surface area contributed by atoms with Crippen molar-refractivity contribution in [2.24, 2.45) is 0 Å². The fourth-order valence-electron chi connectivity index (χ4n) is 2.84. The molecule has 2 aromatic heterocycles. The van der Waals surface area contributed by atoms with E-state index in [1.54, 1.807) is 12.1 Å². The van der Waals surface area contributed by atoms with Gasteiger partial charge in [-0.1, -0.05) is 0 Å². The molecule has 27 heavy (non-hydrogen) atoms. The molecular formula is C19H19F3N4O. The first-order valence-corrected chi connectivity index (χ1v) is 8.40. The van der Waals surface area contributed by atoms with Crippen LogP contribution in [0.3, 0.4) is 0 Å². The Morgan fingerprint density at radius 3 is 2.70 bits per heavy atom. The van der Waals surface area contributed by atoms with Crippen LogP contribution in [0.5, 0.6) is 0 Å². The highest BCUT2D eigenvalue weighted by molar-refractivity contribution is 5.99. The lowest BCUT2D eigenvalue weighted by Crippen LogP contribution is -2.29. The van der Waals surface area contributed by atoms with Crippen molar-refractivity contribution in [2.45, 2.75) is 20.0 Å². The second-order valence-electron chi connectivity index (χ2n) is 6.22. The standard InChI is InChI=1S/C19H19F3N4O/c1-11-12(2)26-16-6-5-13(10-14(11)16)18(27)25-9-8-24-17-15(19(20,21)22)4-3-7-23-17/h3-7,10,26H,8-9H2,1-2H3,(H,23,24)(H,25,27). The van der Waals surface area contributed by atoms with E-state index in [-0.39, 0.29) is 24.8 Å². The van der Waals surface area contributed by atoms with Crippen molar-refractivity contribution in [1.29, 1.82) is 0 Å². The Morgan fingerprint density at radius 2 is 1.96 bits per heavy atom. The molecule has 0 aliphatic heterocycles. The number of nitrogens with one attached hydrogen (secondary N) is 3. The molecule has 3 aromatic rings. The van der Waals surface area contributed by atoms with E-state index in [4.69, 9.17) is 0 Å². The summed E-state index contributed by atoms with van der Waals surface area (Å²) in [5.74, 6) is -0.534. The Bertz CT molecular complexity index is 979. The van der Waals surface area contributed by atoms with Gasteiger partial charge in [0.15, 0.2) is 0 Å². The Kier molecular flexibility index (Phi) is 5.07. The molecule has 0 aliphatic carbocycles. The van der Waals surface area contributed by atoms with Crippen molar-refractivity contribution in [3.63, 3.8) is 0 Å². The molecule has 1 aromatic carbocycles. The van der Waals surface area contributed by atoms with Gasteiger partial charge in [-0.25, -0.2) is 4.98 Å². The number of halogens is 3. The highest BCUT2D eigenvalue weighted by Crippen LogP contribution is 2.33. The molecule has 8 heteroatoms. The Hall–Kier alpha value is -3.03. The van der Waals surface area contributed by atoms with Crippen LogP contribution < -0.4 is 10.6 Å². The molecule has 0 saturated carbocycles. The van der Waals surface area contributed by atoms with E-state index >= 15 is 0 Å². The minimum absolute atomic E-state index is 0.121. The number of hydrogen-bond acceptors (Lipinski definition) is 3. The summed E-state index contributed by atoms with van der Waals surface area (Å²) in [5.41, 5.74) is 2.75. The molecule has 1 amide bonds. The minimum Gasteiger partial charge on any atom is -0.368 e. The molecule has 3 N–H and O–H groups in total. The van der Waals surface area contributed by atoms with Gasteiger partial charge < -0.3 is 15.6 Å². The van der Waals surface area contributed by atoms with Gasteiger partial charge in [0, 0.05) is 41.4 Å². The molecule has 5 nitrogen and oxygen atoms in total. The first-order chi connectivity index (χ1) is 12.8. The average Bonchev–Trinajstić information content (AvgIpc) is 2.92. The van der Waals surface area contributed by atoms with E-state index in [1.165, 1.54) is 12.3 Å². The van der Waals surface area contributed by atoms with E-state index < -0.39 is 11.7 Å². The number of carbonyl (C=O) groups is 1. The topological polar surface area (TPSA) is 69.8 Å². The third-order valence-corrected chi connectivity index (χ3v) is 4.39. The molecule has 0 radical (unpaired) electrons. The predicted octanol–water partition coefficient (Wildman–Crippen LogP) is 4.04. The van der Waals surface area contributed by atoms with Crippen LogP contribution in [-0.4, -0.2) is 29.0 Å². The number of hydrogen-bond donors (Lipinski definition) is 3. The summed E-state index contributed by atoms with van der Waals surface area (Å²) in [6.45, 7) is 4.23. The van der Waals surface area contributed by atoms with Gasteiger partial charge in [-0.15, -0.1) is 0 Å². The smallest absolute Gasteiger partial charge is 0.368 e. The van der Waals surface area contributed by atoms with Gasteiger partial charge >= 0.3 is 6.18 Å². The molecule has 0 saturated heterocycles. The van der Waals surface area contributed by atoms with Gasteiger partial charge in [0.05, 0.1) is 5.56 Å². The number of nitrogens with zero attached hydrogens (tertiary/aromatic N) is 1. The van der Waals surface area contributed by atoms with Gasteiger partial charge in [0.1, 0.15) is 5.82 Å². The molecule has 142 valence electrons. The summed E-state index contributed by atoms with van der Waals surface area (Å²) in [5, 5.41) is 6.29. The van der Waals surface area contributed by atoms with Crippen molar-refractivity contribution in [3.8, 4) is 0 Å². The highest BCUT2D eigenvalue weighted by atomic mass is 19.4. The van der Waals surface area contributed by atoms with E-state index in [2.05, 4.69) is 20.6 Å². The molecule has 3 rings (SSSR count). The summed E-state index contributed by atoms with van der Waals surface area (Å²) < 4.78 is 38.8. The number of amides is 1. The van der Waals surface area contributed by atoms with Crippen molar-refractivity contribution in [2.75, 3.05) is 18.4 Å². The summed E-state index contributed by atoms with van der Waals surface area (Å²) in [7, 11) is 0. The lowest BCUT2D eigenvalue weighted by atomic mass is 10.1. The number of anilines is 1. The molecule has 0 bridgehead atoms. The zero-order valence-electron chi connectivity index (χ0n) is 14.9. The summed E-state index contributed by atoms with van der Waals surface area (Å²) in [6.07, 6.45) is -3.20. The monoisotopic (exact) mass is 376 g/mol. The number of pyridine rings is 1. The summed E-state index contributed by atoms with van der Waals surface area (Å²) in [4.78, 5) is 19.3. The maximum absolute atomic E-state index is 12.9. The highest BCUT2D eigenvalue weighted by Gasteiger charge is 2.33. The number of carbonyl (C=O) groups excluding carboxylic acids is 1. The van der Waals surface area contributed by atoms with Crippen LogP contribution in [0.1, 0.15) is 27.2 Å². The van der Waals surface area contributed by atoms with Crippen molar-refractivity contribution in [3.05, 3.63) is 58.9 Å². The third kappa shape index (κ3) is 4.05. The molecule has 2 heterocycles. The van der Waals surface area contributed by atoms with Gasteiger partial charge in [-0.05, 0) is 49.7 Å². The zero-order valence-corrected chi connectivity index (χ0v) is 14.9. The van der Waals surface area contributed by atoms with Crippen LogP contribution in [0.15, 0.2) is 36.5 Å². The van der Waals surface area contributed by atoms with Crippen LogP contribution in [0, 0.1) is 13.8 Å². The van der Waals surface area contributed by atoms with Gasteiger partial charge in [-0.3, -0.25) is 4.79 Å². The fraction of sp³-hybridized carbons (Fsp3) is 0.263. The lowest BCUT2D eigenvalue weighted by Gasteiger charge is -2.13. The SMILES string of the molecule is Cc1[nH]c2ccc(C(=O)NCCNc3ncccc3C(F)(F)F)cc2c1C. The van der Waals surface area contributed by atoms with Crippen LogP contribution in [0.2, 0.25) is 0 Å². The normalized spacial score (nSPS) is 11.6. The average molecular weight is 376 g/mol. The number of benzene rings is 1. The predicted molar refractivity (Wildman–Crippen MR) is 97.8 cm³/mol. The first kappa shape index (κ1) is 18.8.